The van der Waals surface area contributed by atoms with Crippen LogP contribution >= 0.6 is 11.6 Å². The van der Waals surface area contributed by atoms with Gasteiger partial charge >= 0.3 is 0 Å². The van der Waals surface area contributed by atoms with Crippen LogP contribution in [0.1, 0.15) is 6.42 Å². The van der Waals surface area contributed by atoms with Gasteiger partial charge in [-0.2, -0.15) is 0 Å². The second-order valence-corrected chi connectivity index (χ2v) is 6.01. The van der Waals surface area contributed by atoms with Crippen molar-refractivity contribution in [2.45, 2.75) is 6.42 Å². The maximum Gasteiger partial charge on any atom is 0.238 e. The summed E-state index contributed by atoms with van der Waals surface area (Å²) in [6.45, 7) is 0. The second kappa shape index (κ2) is 3.92. The lowest BCUT2D eigenvalue weighted by molar-refractivity contribution is -0.123. The smallest absolute Gasteiger partial charge is 0.238 e. The van der Waals surface area contributed by atoms with E-state index in [9.17, 15) is 14.0 Å². The lowest BCUT2D eigenvalue weighted by atomic mass is 9.85. The van der Waals surface area contributed by atoms with Gasteiger partial charge in [-0.25, -0.2) is 9.29 Å². The lowest BCUT2D eigenvalue weighted by Crippen LogP contribution is -2.33. The van der Waals surface area contributed by atoms with Crippen molar-refractivity contribution in [1.29, 1.82) is 0 Å². The Kier molecular flexibility index (Phi) is 2.37. The van der Waals surface area contributed by atoms with Gasteiger partial charge in [-0.3, -0.25) is 9.59 Å². The molecule has 102 valence electrons. The maximum absolute atomic E-state index is 13.1. The predicted octanol–water partition coefficient (Wildman–Crippen LogP) is 2.79. The van der Waals surface area contributed by atoms with Crippen LogP contribution in [0.25, 0.3) is 0 Å². The van der Waals surface area contributed by atoms with E-state index < -0.39 is 5.82 Å². The largest absolute Gasteiger partial charge is 0.274 e. The van der Waals surface area contributed by atoms with Crippen LogP contribution in [0.5, 0.6) is 0 Å². The summed E-state index contributed by atoms with van der Waals surface area (Å²) in [5.74, 6) is -1.11. The van der Waals surface area contributed by atoms with E-state index in [1.165, 1.54) is 12.1 Å². The van der Waals surface area contributed by atoms with Gasteiger partial charge in [-0.15, -0.1) is 0 Å². The molecule has 1 saturated heterocycles. The number of nitrogens with zero attached hydrogens (tertiary/aromatic N) is 1. The number of carbonyl (C=O) groups is 2. The molecule has 2 amide bonds. The molecule has 0 unspecified atom stereocenters. The van der Waals surface area contributed by atoms with Crippen molar-refractivity contribution < 1.29 is 14.0 Å². The van der Waals surface area contributed by atoms with Crippen molar-refractivity contribution in [2.24, 2.45) is 23.7 Å². The molecular formula is C15H11ClFNO2. The first-order valence-corrected chi connectivity index (χ1v) is 6.97. The second-order valence-electron chi connectivity index (χ2n) is 5.61. The standard InChI is InChI=1S/C15H11ClFNO2/c16-10-6-9(17)3-4-11(10)18-14(19)12-7-1-2-8(5-7)13(12)15(18)20/h1-4,6-8,12-13H,5H2/t7-,8-,12-,13-/m0/s1. The summed E-state index contributed by atoms with van der Waals surface area (Å²) in [7, 11) is 0. The number of allylic oxidation sites excluding steroid dienone is 2. The molecule has 2 aliphatic carbocycles. The van der Waals surface area contributed by atoms with Gasteiger partial charge in [0.05, 0.1) is 22.5 Å². The highest BCUT2D eigenvalue weighted by atomic mass is 35.5. The van der Waals surface area contributed by atoms with Crippen molar-refractivity contribution in [3.05, 3.63) is 41.2 Å². The number of benzene rings is 1. The van der Waals surface area contributed by atoms with E-state index in [4.69, 9.17) is 11.6 Å². The van der Waals surface area contributed by atoms with E-state index in [2.05, 4.69) is 0 Å². The van der Waals surface area contributed by atoms with Crippen molar-refractivity contribution in [3.8, 4) is 0 Å². The van der Waals surface area contributed by atoms with Gasteiger partial charge in [0.15, 0.2) is 0 Å². The van der Waals surface area contributed by atoms with Crippen LogP contribution in [-0.2, 0) is 9.59 Å². The number of rotatable bonds is 1. The monoisotopic (exact) mass is 291 g/mol. The Balaban J connectivity index is 1.78. The number of halogens is 2. The normalized spacial score (nSPS) is 34.2. The fraction of sp³-hybridized carbons (Fsp3) is 0.333. The first-order valence-electron chi connectivity index (χ1n) is 6.59. The highest BCUT2D eigenvalue weighted by molar-refractivity contribution is 6.36. The fourth-order valence-electron chi connectivity index (χ4n) is 3.80. The SMILES string of the molecule is O=C1[C@@H]2[C@@H](C(=O)N1c1ccc(F)cc1Cl)[C@H]1C=C[C@H]2C1. The van der Waals surface area contributed by atoms with Crippen LogP contribution in [-0.4, -0.2) is 11.8 Å². The Labute approximate surface area is 120 Å². The molecule has 3 aliphatic rings. The molecule has 2 fully saturated rings. The number of amides is 2. The Morgan fingerprint density at radius 1 is 1.10 bits per heavy atom. The summed E-state index contributed by atoms with van der Waals surface area (Å²) in [6.07, 6.45) is 4.96. The lowest BCUT2D eigenvalue weighted by Gasteiger charge is -2.18. The molecule has 1 aromatic rings. The van der Waals surface area contributed by atoms with E-state index in [0.29, 0.717) is 0 Å². The topological polar surface area (TPSA) is 37.4 Å². The predicted molar refractivity (Wildman–Crippen MR) is 71.6 cm³/mol. The summed E-state index contributed by atoms with van der Waals surface area (Å²) >= 11 is 5.98. The van der Waals surface area contributed by atoms with Gasteiger partial charge in [0.2, 0.25) is 11.8 Å². The van der Waals surface area contributed by atoms with Crippen LogP contribution in [0.3, 0.4) is 0 Å². The molecule has 5 heteroatoms. The Hall–Kier alpha value is -1.68. The number of carbonyl (C=O) groups excluding carboxylic acids is 2. The molecule has 0 radical (unpaired) electrons. The minimum atomic E-state index is -0.486. The van der Waals surface area contributed by atoms with Gasteiger partial charge in [0.25, 0.3) is 0 Å². The van der Waals surface area contributed by atoms with Crippen LogP contribution < -0.4 is 4.90 Å². The van der Waals surface area contributed by atoms with E-state index >= 15 is 0 Å². The van der Waals surface area contributed by atoms with Crippen LogP contribution in [0.4, 0.5) is 10.1 Å². The van der Waals surface area contributed by atoms with Gasteiger partial charge in [0, 0.05) is 0 Å². The minimum absolute atomic E-state index is 0.0898. The first-order chi connectivity index (χ1) is 9.58. The van der Waals surface area contributed by atoms with Crippen LogP contribution in [0, 0.1) is 29.5 Å². The highest BCUT2D eigenvalue weighted by Gasteiger charge is 2.59. The molecule has 1 aromatic carbocycles. The molecule has 0 N–H and O–H groups in total. The summed E-state index contributed by atoms with van der Waals surface area (Å²) in [4.78, 5) is 26.2. The number of hydrogen-bond donors (Lipinski definition) is 0. The van der Waals surface area contributed by atoms with E-state index in [-0.39, 0.29) is 46.2 Å². The first kappa shape index (κ1) is 12.1. The zero-order valence-electron chi connectivity index (χ0n) is 10.4. The molecule has 20 heavy (non-hydrogen) atoms. The molecule has 1 saturated carbocycles. The molecule has 0 spiro atoms. The van der Waals surface area contributed by atoms with Gasteiger partial charge in [-0.05, 0) is 36.5 Å². The molecule has 0 aromatic heterocycles. The quantitative estimate of drug-likeness (QED) is 0.589. The number of hydrogen-bond acceptors (Lipinski definition) is 2. The molecule has 3 nitrogen and oxygen atoms in total. The van der Waals surface area contributed by atoms with Crippen molar-refractivity contribution in [3.63, 3.8) is 0 Å². The third-order valence-corrected chi connectivity index (χ3v) is 4.92. The fourth-order valence-corrected chi connectivity index (χ4v) is 4.05. The minimum Gasteiger partial charge on any atom is -0.274 e. The zero-order chi connectivity index (χ0) is 14.0. The molecule has 1 heterocycles. The summed E-state index contributed by atoms with van der Waals surface area (Å²) in [5, 5.41) is 0.0898. The summed E-state index contributed by atoms with van der Waals surface area (Å²) in [5.41, 5.74) is 0.289. The van der Waals surface area contributed by atoms with Crippen LogP contribution in [0.2, 0.25) is 5.02 Å². The van der Waals surface area contributed by atoms with Crippen LogP contribution in [0.15, 0.2) is 30.4 Å². The summed E-state index contributed by atoms with van der Waals surface area (Å²) in [6, 6.07) is 3.73. The molecule has 2 bridgehead atoms. The van der Waals surface area contributed by atoms with Crippen molar-refractivity contribution in [2.75, 3.05) is 4.90 Å². The van der Waals surface area contributed by atoms with E-state index in [0.717, 1.165) is 17.4 Å². The van der Waals surface area contributed by atoms with Crippen molar-refractivity contribution >= 4 is 29.1 Å². The number of anilines is 1. The Bertz CT molecular complexity index is 642. The Morgan fingerprint density at radius 3 is 2.25 bits per heavy atom. The van der Waals surface area contributed by atoms with Crippen molar-refractivity contribution in [1.82, 2.24) is 0 Å². The van der Waals surface area contributed by atoms with Gasteiger partial charge in [0.1, 0.15) is 5.82 Å². The number of imide groups is 1. The molecular weight excluding hydrogens is 281 g/mol. The maximum atomic E-state index is 13.1. The Morgan fingerprint density at radius 2 is 1.70 bits per heavy atom. The third kappa shape index (κ3) is 1.40. The van der Waals surface area contributed by atoms with Gasteiger partial charge in [-0.1, -0.05) is 23.8 Å². The number of fused-ring (bicyclic) bond motifs is 5. The van der Waals surface area contributed by atoms with E-state index in [1.807, 2.05) is 12.2 Å². The molecule has 4 rings (SSSR count). The molecule has 4 atom stereocenters. The molecule has 1 aliphatic heterocycles. The summed E-state index contributed by atoms with van der Waals surface area (Å²) < 4.78 is 13.1. The van der Waals surface area contributed by atoms with Gasteiger partial charge < -0.3 is 0 Å². The average Bonchev–Trinajstić information content (AvgIpc) is 3.06. The highest BCUT2D eigenvalue weighted by Crippen LogP contribution is 2.53. The third-order valence-electron chi connectivity index (χ3n) is 4.62. The van der Waals surface area contributed by atoms with E-state index in [1.54, 1.807) is 0 Å². The zero-order valence-corrected chi connectivity index (χ0v) is 11.2. The average molecular weight is 292 g/mol.